The van der Waals surface area contributed by atoms with Gasteiger partial charge in [0.1, 0.15) is 5.75 Å². The Morgan fingerprint density at radius 2 is 1.88 bits per heavy atom. The van der Waals surface area contributed by atoms with Crippen molar-refractivity contribution < 1.29 is 4.74 Å². The number of aryl methyl sites for hydroxylation is 1. The van der Waals surface area contributed by atoms with Gasteiger partial charge in [0.15, 0.2) is 0 Å². The highest BCUT2D eigenvalue weighted by atomic mass is 32.1. The molecule has 0 aliphatic heterocycles. The Morgan fingerprint density at radius 3 is 2.35 bits per heavy atom. The largest absolute Gasteiger partial charge is 0.497 e. The summed E-state index contributed by atoms with van der Waals surface area (Å²) in [4.78, 5) is 2.50. The molecule has 3 N–H and O–H groups in total. The van der Waals surface area contributed by atoms with Crippen LogP contribution in [-0.4, -0.2) is 7.11 Å². The van der Waals surface area contributed by atoms with Crippen LogP contribution < -0.4 is 16.0 Å². The van der Waals surface area contributed by atoms with Gasteiger partial charge in [0.25, 0.3) is 0 Å². The molecular formula is C13H16N2OS. The van der Waals surface area contributed by atoms with E-state index in [0.29, 0.717) is 0 Å². The van der Waals surface area contributed by atoms with E-state index in [1.54, 1.807) is 18.4 Å². The molecule has 0 aliphatic rings. The van der Waals surface area contributed by atoms with E-state index in [1.165, 1.54) is 9.75 Å². The lowest BCUT2D eigenvalue weighted by atomic mass is 10.1. The van der Waals surface area contributed by atoms with Crippen LogP contribution in [0.4, 0.5) is 0 Å². The van der Waals surface area contributed by atoms with E-state index in [2.05, 4.69) is 24.5 Å². The van der Waals surface area contributed by atoms with Crippen molar-refractivity contribution in [2.45, 2.75) is 13.0 Å². The highest BCUT2D eigenvalue weighted by molar-refractivity contribution is 7.12. The maximum Gasteiger partial charge on any atom is 0.118 e. The summed E-state index contributed by atoms with van der Waals surface area (Å²) in [6.07, 6.45) is 0. The van der Waals surface area contributed by atoms with Crippen molar-refractivity contribution >= 4 is 11.3 Å². The van der Waals surface area contributed by atoms with Crippen LogP contribution in [0.1, 0.15) is 21.4 Å². The molecule has 1 aromatic carbocycles. The van der Waals surface area contributed by atoms with Gasteiger partial charge in [-0.3, -0.25) is 5.84 Å². The lowest BCUT2D eigenvalue weighted by Gasteiger charge is -2.15. The number of hydrazine groups is 1. The fourth-order valence-electron chi connectivity index (χ4n) is 1.75. The molecule has 17 heavy (non-hydrogen) atoms. The smallest absolute Gasteiger partial charge is 0.118 e. The summed E-state index contributed by atoms with van der Waals surface area (Å²) in [7, 11) is 1.66. The average Bonchev–Trinajstić information content (AvgIpc) is 2.78. The minimum atomic E-state index is 0.0413. The molecule has 0 amide bonds. The Kier molecular flexibility index (Phi) is 3.78. The van der Waals surface area contributed by atoms with Crippen LogP contribution in [0.25, 0.3) is 0 Å². The Labute approximate surface area is 105 Å². The fourth-order valence-corrected chi connectivity index (χ4v) is 2.71. The molecule has 0 saturated heterocycles. The van der Waals surface area contributed by atoms with Crippen LogP contribution in [0.3, 0.4) is 0 Å². The van der Waals surface area contributed by atoms with Crippen molar-refractivity contribution in [2.75, 3.05) is 7.11 Å². The molecule has 2 aromatic rings. The standard InChI is InChI=1S/C13H16N2OS/c1-9-3-8-12(17-9)13(15-14)10-4-6-11(16-2)7-5-10/h3-8,13,15H,14H2,1-2H3. The topological polar surface area (TPSA) is 47.3 Å². The van der Waals surface area contributed by atoms with Crippen LogP contribution >= 0.6 is 11.3 Å². The van der Waals surface area contributed by atoms with Gasteiger partial charge in [-0.15, -0.1) is 11.3 Å². The SMILES string of the molecule is COc1ccc(C(NN)c2ccc(C)s2)cc1. The summed E-state index contributed by atoms with van der Waals surface area (Å²) in [6.45, 7) is 2.09. The van der Waals surface area contributed by atoms with Gasteiger partial charge in [0.2, 0.25) is 0 Å². The number of hydrogen-bond acceptors (Lipinski definition) is 4. The number of nitrogens with two attached hydrogens (primary N) is 1. The first-order valence-electron chi connectivity index (χ1n) is 5.41. The van der Waals surface area contributed by atoms with Crippen LogP contribution in [0.5, 0.6) is 5.75 Å². The number of ether oxygens (including phenoxy) is 1. The van der Waals surface area contributed by atoms with Crippen LogP contribution in [0.15, 0.2) is 36.4 Å². The second-order valence-electron chi connectivity index (χ2n) is 3.82. The molecule has 1 heterocycles. The van der Waals surface area contributed by atoms with Crippen molar-refractivity contribution in [2.24, 2.45) is 5.84 Å². The minimum absolute atomic E-state index is 0.0413. The second-order valence-corrected chi connectivity index (χ2v) is 5.14. The summed E-state index contributed by atoms with van der Waals surface area (Å²) in [5.74, 6) is 6.50. The van der Waals surface area contributed by atoms with Crippen LogP contribution in [0, 0.1) is 6.92 Å². The molecule has 0 aliphatic carbocycles. The Morgan fingerprint density at radius 1 is 1.18 bits per heavy atom. The normalized spacial score (nSPS) is 12.4. The molecule has 0 fully saturated rings. The molecule has 0 saturated carbocycles. The lowest BCUT2D eigenvalue weighted by Crippen LogP contribution is -2.28. The van der Waals surface area contributed by atoms with Gasteiger partial charge in [0, 0.05) is 9.75 Å². The molecule has 1 atom stereocenters. The summed E-state index contributed by atoms with van der Waals surface area (Å²) < 4.78 is 5.14. The first-order chi connectivity index (χ1) is 8.24. The molecule has 0 bridgehead atoms. The number of nitrogens with one attached hydrogen (secondary N) is 1. The third-order valence-electron chi connectivity index (χ3n) is 2.66. The highest BCUT2D eigenvalue weighted by Gasteiger charge is 2.13. The second kappa shape index (κ2) is 5.31. The molecule has 1 aromatic heterocycles. The van der Waals surface area contributed by atoms with Gasteiger partial charge in [0.05, 0.1) is 13.2 Å². The Bertz CT molecular complexity index is 478. The van der Waals surface area contributed by atoms with E-state index in [-0.39, 0.29) is 6.04 Å². The number of hydrogen-bond donors (Lipinski definition) is 2. The average molecular weight is 248 g/mol. The van der Waals surface area contributed by atoms with E-state index in [4.69, 9.17) is 10.6 Å². The van der Waals surface area contributed by atoms with E-state index in [0.717, 1.165) is 11.3 Å². The third-order valence-corrected chi connectivity index (χ3v) is 3.73. The quantitative estimate of drug-likeness (QED) is 0.646. The maximum atomic E-state index is 5.64. The number of thiophene rings is 1. The van der Waals surface area contributed by atoms with E-state index in [1.807, 2.05) is 24.3 Å². The predicted octanol–water partition coefficient (Wildman–Crippen LogP) is 2.62. The van der Waals surface area contributed by atoms with Crippen LogP contribution in [-0.2, 0) is 0 Å². The third kappa shape index (κ3) is 2.66. The van der Waals surface area contributed by atoms with Crippen LogP contribution in [0.2, 0.25) is 0 Å². The van der Waals surface area contributed by atoms with Crippen molar-refractivity contribution in [3.63, 3.8) is 0 Å². The Balaban J connectivity index is 2.28. The first-order valence-corrected chi connectivity index (χ1v) is 6.22. The van der Waals surface area contributed by atoms with Gasteiger partial charge >= 0.3 is 0 Å². The molecule has 2 rings (SSSR count). The zero-order valence-electron chi connectivity index (χ0n) is 9.94. The molecule has 0 spiro atoms. The lowest BCUT2D eigenvalue weighted by molar-refractivity contribution is 0.414. The molecule has 4 heteroatoms. The predicted molar refractivity (Wildman–Crippen MR) is 71.2 cm³/mol. The van der Waals surface area contributed by atoms with Crippen molar-refractivity contribution in [1.82, 2.24) is 5.43 Å². The van der Waals surface area contributed by atoms with E-state index < -0.39 is 0 Å². The summed E-state index contributed by atoms with van der Waals surface area (Å²) in [5, 5.41) is 0. The minimum Gasteiger partial charge on any atom is -0.497 e. The van der Waals surface area contributed by atoms with E-state index >= 15 is 0 Å². The van der Waals surface area contributed by atoms with Gasteiger partial charge in [-0.25, -0.2) is 5.43 Å². The zero-order valence-corrected chi connectivity index (χ0v) is 10.8. The molecule has 0 radical (unpaired) electrons. The highest BCUT2D eigenvalue weighted by Crippen LogP contribution is 2.28. The fraction of sp³-hybridized carbons (Fsp3) is 0.231. The summed E-state index contributed by atoms with van der Waals surface area (Å²) in [6, 6.07) is 12.2. The zero-order chi connectivity index (χ0) is 12.3. The van der Waals surface area contributed by atoms with Gasteiger partial charge in [-0.05, 0) is 36.8 Å². The van der Waals surface area contributed by atoms with Gasteiger partial charge in [-0.1, -0.05) is 12.1 Å². The van der Waals surface area contributed by atoms with Crippen molar-refractivity contribution in [1.29, 1.82) is 0 Å². The molecule has 3 nitrogen and oxygen atoms in total. The van der Waals surface area contributed by atoms with Crippen molar-refractivity contribution in [3.8, 4) is 5.75 Å². The van der Waals surface area contributed by atoms with Gasteiger partial charge in [-0.2, -0.15) is 0 Å². The maximum absolute atomic E-state index is 5.64. The number of methoxy groups -OCH3 is 1. The summed E-state index contributed by atoms with van der Waals surface area (Å²) in [5.41, 5.74) is 3.99. The molecule has 1 unspecified atom stereocenters. The molecular weight excluding hydrogens is 232 g/mol. The Hall–Kier alpha value is -1.36. The van der Waals surface area contributed by atoms with Gasteiger partial charge < -0.3 is 4.74 Å². The van der Waals surface area contributed by atoms with E-state index in [9.17, 15) is 0 Å². The first kappa shape index (κ1) is 12.1. The number of benzene rings is 1. The monoisotopic (exact) mass is 248 g/mol. The van der Waals surface area contributed by atoms with Crippen molar-refractivity contribution in [3.05, 3.63) is 51.7 Å². The summed E-state index contributed by atoms with van der Waals surface area (Å²) >= 11 is 1.75. The number of rotatable bonds is 4. The molecule has 90 valence electrons.